The van der Waals surface area contributed by atoms with Crippen LogP contribution in [0.5, 0.6) is 0 Å². The summed E-state index contributed by atoms with van der Waals surface area (Å²) in [6.45, 7) is 0.344. The van der Waals surface area contributed by atoms with Gasteiger partial charge in [0.25, 0.3) is 0 Å². The third kappa shape index (κ3) is 4.01. The molecule has 0 aromatic carbocycles. The molecule has 0 aliphatic rings. The van der Waals surface area contributed by atoms with E-state index < -0.39 is 9.84 Å². The highest BCUT2D eigenvalue weighted by Gasteiger charge is 2.10. The molecule has 0 radical (unpaired) electrons. The van der Waals surface area contributed by atoms with Gasteiger partial charge in [0.05, 0.1) is 5.75 Å². The van der Waals surface area contributed by atoms with Crippen molar-refractivity contribution in [3.8, 4) is 0 Å². The fourth-order valence-corrected chi connectivity index (χ4v) is 1.83. The van der Waals surface area contributed by atoms with Crippen molar-refractivity contribution in [2.75, 3.05) is 30.5 Å². The molecule has 15 heavy (non-hydrogen) atoms. The maximum absolute atomic E-state index is 11.0. The Morgan fingerprint density at radius 3 is 2.53 bits per heavy atom. The van der Waals surface area contributed by atoms with E-state index >= 15 is 0 Å². The van der Waals surface area contributed by atoms with Crippen molar-refractivity contribution >= 4 is 27.3 Å². The van der Waals surface area contributed by atoms with Crippen LogP contribution in [0.25, 0.3) is 0 Å². The van der Waals surface area contributed by atoms with E-state index in [0.29, 0.717) is 12.4 Å². The van der Waals surface area contributed by atoms with Crippen LogP contribution in [0.4, 0.5) is 5.82 Å². The minimum absolute atomic E-state index is 0.0659. The zero-order valence-corrected chi connectivity index (χ0v) is 10.1. The maximum atomic E-state index is 11.0. The smallest absolute Gasteiger partial charge is 0.171 e. The van der Waals surface area contributed by atoms with E-state index in [1.54, 1.807) is 11.9 Å². The minimum atomic E-state index is -2.97. The Bertz CT molecular complexity index is 435. The molecule has 1 aromatic rings. The summed E-state index contributed by atoms with van der Waals surface area (Å²) in [5.74, 6) is 0.555. The summed E-state index contributed by atoms with van der Waals surface area (Å²) in [5, 5.41) is 0.272. The minimum Gasteiger partial charge on any atom is -0.356 e. The van der Waals surface area contributed by atoms with E-state index in [1.165, 1.54) is 18.6 Å². The van der Waals surface area contributed by atoms with Gasteiger partial charge in [-0.2, -0.15) is 0 Å². The van der Waals surface area contributed by atoms with E-state index in [1.807, 2.05) is 0 Å². The zero-order valence-electron chi connectivity index (χ0n) is 8.51. The van der Waals surface area contributed by atoms with Crippen molar-refractivity contribution in [2.45, 2.75) is 0 Å². The van der Waals surface area contributed by atoms with Crippen LogP contribution in [-0.4, -0.2) is 44.0 Å². The molecule has 84 valence electrons. The molecule has 0 spiro atoms. The van der Waals surface area contributed by atoms with Crippen LogP contribution in [0.2, 0.25) is 5.15 Å². The molecule has 0 N–H and O–H groups in total. The van der Waals surface area contributed by atoms with Crippen LogP contribution >= 0.6 is 11.6 Å². The second-order valence-corrected chi connectivity index (χ2v) is 5.84. The first kappa shape index (κ1) is 12.2. The Morgan fingerprint density at radius 1 is 1.40 bits per heavy atom. The Labute approximate surface area is 94.0 Å². The first-order valence-corrected chi connectivity index (χ1v) is 6.69. The van der Waals surface area contributed by atoms with Gasteiger partial charge < -0.3 is 4.90 Å². The maximum Gasteiger partial charge on any atom is 0.171 e. The third-order valence-electron chi connectivity index (χ3n) is 1.79. The van der Waals surface area contributed by atoms with Crippen molar-refractivity contribution in [3.63, 3.8) is 0 Å². The van der Waals surface area contributed by atoms with E-state index in [4.69, 9.17) is 11.6 Å². The lowest BCUT2D eigenvalue weighted by atomic mass is 10.5. The molecule has 1 rings (SSSR count). The van der Waals surface area contributed by atoms with Gasteiger partial charge >= 0.3 is 0 Å². The summed E-state index contributed by atoms with van der Waals surface area (Å²) < 4.78 is 21.9. The van der Waals surface area contributed by atoms with Gasteiger partial charge in [-0.15, -0.1) is 0 Å². The fraction of sp³-hybridized carbons (Fsp3) is 0.500. The van der Waals surface area contributed by atoms with Crippen molar-refractivity contribution in [1.82, 2.24) is 9.97 Å². The topological polar surface area (TPSA) is 63.2 Å². The molecule has 1 heterocycles. The largest absolute Gasteiger partial charge is 0.356 e. The highest BCUT2D eigenvalue weighted by atomic mass is 35.5. The fourth-order valence-electron chi connectivity index (χ4n) is 0.978. The first-order chi connectivity index (χ1) is 6.90. The SMILES string of the molecule is CN(CCS(C)(=O)=O)c1nccnc1Cl. The molecule has 0 amide bonds. The summed E-state index contributed by atoms with van der Waals surface area (Å²) in [4.78, 5) is 9.54. The van der Waals surface area contributed by atoms with Crippen molar-refractivity contribution < 1.29 is 8.42 Å². The number of halogens is 1. The van der Waals surface area contributed by atoms with Gasteiger partial charge in [-0.25, -0.2) is 18.4 Å². The molecule has 0 fully saturated rings. The molecular weight excluding hydrogens is 238 g/mol. The Hall–Kier alpha value is -0.880. The molecule has 1 aromatic heterocycles. The molecule has 0 atom stereocenters. The molecule has 0 bridgehead atoms. The van der Waals surface area contributed by atoms with Gasteiger partial charge in [0, 0.05) is 32.2 Å². The molecule has 7 heteroatoms. The number of hydrogen-bond donors (Lipinski definition) is 0. The van der Waals surface area contributed by atoms with Gasteiger partial charge in [0.2, 0.25) is 0 Å². The second-order valence-electron chi connectivity index (χ2n) is 3.22. The summed E-state index contributed by atoms with van der Waals surface area (Å²) in [7, 11) is -1.25. The third-order valence-corrected chi connectivity index (χ3v) is 2.99. The van der Waals surface area contributed by atoms with Gasteiger partial charge in [-0.1, -0.05) is 11.6 Å². The van der Waals surface area contributed by atoms with Crippen molar-refractivity contribution in [1.29, 1.82) is 0 Å². The lowest BCUT2D eigenvalue weighted by molar-refractivity contribution is 0.601. The monoisotopic (exact) mass is 249 g/mol. The molecule has 5 nitrogen and oxygen atoms in total. The van der Waals surface area contributed by atoms with Crippen molar-refractivity contribution in [2.24, 2.45) is 0 Å². The van der Waals surface area contributed by atoms with E-state index in [0.717, 1.165) is 0 Å². The first-order valence-electron chi connectivity index (χ1n) is 4.25. The van der Waals surface area contributed by atoms with Gasteiger partial charge in [0.1, 0.15) is 9.84 Å². The number of anilines is 1. The number of rotatable bonds is 4. The number of nitrogens with zero attached hydrogens (tertiary/aromatic N) is 3. The molecule has 0 aliphatic carbocycles. The predicted molar refractivity (Wildman–Crippen MR) is 60.0 cm³/mol. The molecule has 0 saturated carbocycles. The molecule has 0 unspecified atom stereocenters. The highest BCUT2D eigenvalue weighted by Crippen LogP contribution is 2.17. The van der Waals surface area contributed by atoms with Gasteiger partial charge in [-0.3, -0.25) is 0 Å². The molecule has 0 aliphatic heterocycles. The van der Waals surface area contributed by atoms with E-state index in [-0.39, 0.29) is 10.9 Å². The molecule has 0 saturated heterocycles. The number of sulfone groups is 1. The Kier molecular flexibility index (Phi) is 3.87. The van der Waals surface area contributed by atoms with Crippen LogP contribution in [0.3, 0.4) is 0 Å². The molecular formula is C8H12ClN3O2S. The van der Waals surface area contributed by atoms with E-state index in [2.05, 4.69) is 9.97 Å². The number of hydrogen-bond acceptors (Lipinski definition) is 5. The van der Waals surface area contributed by atoms with Crippen LogP contribution in [0, 0.1) is 0 Å². The summed E-state index contributed by atoms with van der Waals surface area (Å²) in [6.07, 6.45) is 4.19. The van der Waals surface area contributed by atoms with Crippen LogP contribution in [0.15, 0.2) is 12.4 Å². The Morgan fingerprint density at radius 2 is 2.00 bits per heavy atom. The lowest BCUT2D eigenvalue weighted by Crippen LogP contribution is -2.26. The van der Waals surface area contributed by atoms with Crippen LogP contribution in [0.1, 0.15) is 0 Å². The highest BCUT2D eigenvalue weighted by molar-refractivity contribution is 7.90. The van der Waals surface area contributed by atoms with Gasteiger partial charge in [0.15, 0.2) is 11.0 Å². The second kappa shape index (κ2) is 4.76. The average Bonchev–Trinajstić information content (AvgIpc) is 2.14. The van der Waals surface area contributed by atoms with Crippen LogP contribution < -0.4 is 4.90 Å². The predicted octanol–water partition coefficient (Wildman–Crippen LogP) is 0.611. The standard InChI is InChI=1S/C8H12ClN3O2S/c1-12(5-6-15(2,13)14)8-7(9)10-3-4-11-8/h3-4H,5-6H2,1-2H3. The summed E-state index contributed by atoms with van der Waals surface area (Å²) in [6, 6.07) is 0. The lowest BCUT2D eigenvalue weighted by Gasteiger charge is -2.17. The quantitative estimate of drug-likeness (QED) is 0.783. The normalized spacial score (nSPS) is 11.4. The Balaban J connectivity index is 2.70. The number of aromatic nitrogens is 2. The average molecular weight is 250 g/mol. The van der Waals surface area contributed by atoms with Gasteiger partial charge in [-0.05, 0) is 0 Å². The van der Waals surface area contributed by atoms with E-state index in [9.17, 15) is 8.42 Å². The van der Waals surface area contributed by atoms with Crippen molar-refractivity contribution in [3.05, 3.63) is 17.5 Å². The zero-order chi connectivity index (χ0) is 11.5. The summed E-state index contributed by atoms with van der Waals surface area (Å²) in [5.41, 5.74) is 0. The summed E-state index contributed by atoms with van der Waals surface area (Å²) >= 11 is 5.80. The van der Waals surface area contributed by atoms with Crippen LogP contribution in [-0.2, 0) is 9.84 Å².